The van der Waals surface area contributed by atoms with Gasteiger partial charge in [0, 0.05) is 25.0 Å². The van der Waals surface area contributed by atoms with E-state index in [0.717, 1.165) is 27.7 Å². The van der Waals surface area contributed by atoms with Crippen molar-refractivity contribution in [2.24, 2.45) is 7.05 Å². The van der Waals surface area contributed by atoms with E-state index in [1.165, 1.54) is 23.6 Å². The largest absolute Gasteiger partial charge is 0.458 e. The fourth-order valence-corrected chi connectivity index (χ4v) is 3.49. The Balaban J connectivity index is 1.95. The smallest absolute Gasteiger partial charge is 0.303 e. The van der Waals surface area contributed by atoms with Crippen molar-refractivity contribution in [3.05, 3.63) is 57.3 Å². The summed E-state index contributed by atoms with van der Waals surface area (Å²) in [6.45, 7) is 6.53. The maximum atomic E-state index is 11.1. The van der Waals surface area contributed by atoms with Crippen LogP contribution in [0.25, 0.3) is 11.0 Å². The number of aryl methyl sites for hydroxylation is 3. The third-order valence-electron chi connectivity index (χ3n) is 4.55. The number of carbonyl (C=O) groups excluding carboxylic acids is 1. The molecule has 0 amide bonds. The van der Waals surface area contributed by atoms with E-state index in [2.05, 4.69) is 58.3 Å². The Morgan fingerprint density at radius 1 is 1.27 bits per heavy atom. The second kappa shape index (κ2) is 7.50. The van der Waals surface area contributed by atoms with Crippen molar-refractivity contribution in [2.45, 2.75) is 33.9 Å². The quantitative estimate of drug-likeness (QED) is 0.617. The summed E-state index contributed by atoms with van der Waals surface area (Å²) in [6.07, 6.45) is 0. The predicted octanol–water partition coefficient (Wildman–Crippen LogP) is 4.63. The van der Waals surface area contributed by atoms with Crippen LogP contribution < -0.4 is 5.32 Å². The highest BCUT2D eigenvalue weighted by atomic mass is 79.9. The molecule has 1 aromatic heterocycles. The Hall–Kier alpha value is -2.34. The highest BCUT2D eigenvalue weighted by Gasteiger charge is 2.14. The van der Waals surface area contributed by atoms with Crippen molar-refractivity contribution in [2.75, 3.05) is 5.32 Å². The fourth-order valence-electron chi connectivity index (χ4n) is 3.04. The summed E-state index contributed by atoms with van der Waals surface area (Å²) in [5.41, 5.74) is 6.61. The number of nitrogens with one attached hydrogen (secondary N) is 1. The zero-order chi connectivity index (χ0) is 18.8. The topological polar surface area (TPSA) is 56.1 Å². The number of hydrogen-bond acceptors (Lipinski definition) is 4. The first-order chi connectivity index (χ1) is 12.4. The summed E-state index contributed by atoms with van der Waals surface area (Å²) in [5, 5.41) is 3.52. The molecule has 3 rings (SSSR count). The normalized spacial score (nSPS) is 11.0. The molecule has 0 bridgehead atoms. The third kappa shape index (κ3) is 3.75. The summed E-state index contributed by atoms with van der Waals surface area (Å²) < 4.78 is 8.03. The molecule has 0 radical (unpaired) electrons. The van der Waals surface area contributed by atoms with Crippen LogP contribution in [0.2, 0.25) is 0 Å². The van der Waals surface area contributed by atoms with Crippen molar-refractivity contribution < 1.29 is 9.53 Å². The van der Waals surface area contributed by atoms with Gasteiger partial charge in [-0.1, -0.05) is 34.1 Å². The van der Waals surface area contributed by atoms with Crippen LogP contribution in [0.5, 0.6) is 0 Å². The first kappa shape index (κ1) is 18.5. The Labute approximate surface area is 161 Å². The number of esters is 1. The molecule has 1 heterocycles. The number of nitrogens with zero attached hydrogens (tertiary/aromatic N) is 2. The molecule has 0 aliphatic carbocycles. The number of anilines is 1. The summed E-state index contributed by atoms with van der Waals surface area (Å²) in [5.74, 6) is 0.398. The van der Waals surface area contributed by atoms with E-state index in [4.69, 9.17) is 4.74 Å². The second-order valence-corrected chi connectivity index (χ2v) is 7.33. The molecule has 0 unspecified atom stereocenters. The van der Waals surface area contributed by atoms with Crippen LogP contribution in [0, 0.1) is 13.8 Å². The lowest BCUT2D eigenvalue weighted by atomic mass is 10.0. The molecule has 1 N–H and O–H groups in total. The predicted molar refractivity (Wildman–Crippen MR) is 107 cm³/mol. The summed E-state index contributed by atoms with van der Waals surface area (Å²) in [7, 11) is 1.93. The minimum atomic E-state index is -0.313. The van der Waals surface area contributed by atoms with E-state index in [1.54, 1.807) is 0 Å². The number of halogens is 1. The van der Waals surface area contributed by atoms with Gasteiger partial charge in [-0.25, -0.2) is 4.98 Å². The first-order valence-electron chi connectivity index (χ1n) is 8.44. The van der Waals surface area contributed by atoms with Gasteiger partial charge in [0.2, 0.25) is 0 Å². The average molecular weight is 416 g/mol. The number of fused-ring (bicyclic) bond motifs is 1. The van der Waals surface area contributed by atoms with Crippen LogP contribution in [-0.2, 0) is 29.7 Å². The molecule has 0 aliphatic heterocycles. The number of benzene rings is 2. The molecule has 136 valence electrons. The number of rotatable bonds is 5. The molecule has 0 saturated heterocycles. The van der Waals surface area contributed by atoms with Crippen molar-refractivity contribution in [3.63, 3.8) is 0 Å². The molecule has 26 heavy (non-hydrogen) atoms. The molecule has 0 saturated carbocycles. The second-order valence-electron chi connectivity index (χ2n) is 6.41. The van der Waals surface area contributed by atoms with E-state index >= 15 is 0 Å². The standard InChI is InChI=1S/C20H22BrN3O2/c1-12-6-5-7-13(2)16(12)10-22-17-8-15(21)9-18-20(17)23-19(24(18)4)11-26-14(3)25/h5-9,22H,10-11H2,1-4H3. The highest BCUT2D eigenvalue weighted by molar-refractivity contribution is 9.10. The number of carbonyl (C=O) groups is 1. The summed E-state index contributed by atoms with van der Waals surface area (Å²) in [6, 6.07) is 10.4. The van der Waals surface area contributed by atoms with Crippen LogP contribution in [-0.4, -0.2) is 15.5 Å². The first-order valence-corrected chi connectivity index (χ1v) is 9.23. The van der Waals surface area contributed by atoms with Crippen molar-refractivity contribution in [1.29, 1.82) is 0 Å². The van der Waals surface area contributed by atoms with Crippen LogP contribution in [0.15, 0.2) is 34.8 Å². The molecule has 0 fully saturated rings. The van der Waals surface area contributed by atoms with E-state index in [1.807, 2.05) is 23.7 Å². The molecule has 0 spiro atoms. The van der Waals surface area contributed by atoms with Gasteiger partial charge in [-0.15, -0.1) is 0 Å². The van der Waals surface area contributed by atoms with Crippen LogP contribution in [0.3, 0.4) is 0 Å². The Kier molecular flexibility index (Phi) is 5.32. The number of ether oxygens (including phenoxy) is 1. The third-order valence-corrected chi connectivity index (χ3v) is 5.01. The van der Waals surface area contributed by atoms with Gasteiger partial charge in [0.05, 0.1) is 11.2 Å². The molecule has 0 atom stereocenters. The SMILES string of the molecule is CC(=O)OCc1nc2c(NCc3c(C)cccc3C)cc(Br)cc2n1C. The Morgan fingerprint density at radius 3 is 2.62 bits per heavy atom. The van der Waals surface area contributed by atoms with Crippen molar-refractivity contribution >= 4 is 38.6 Å². The highest BCUT2D eigenvalue weighted by Crippen LogP contribution is 2.29. The van der Waals surface area contributed by atoms with E-state index in [-0.39, 0.29) is 12.6 Å². The fraction of sp³-hybridized carbons (Fsp3) is 0.300. The lowest BCUT2D eigenvalue weighted by Crippen LogP contribution is -2.04. The zero-order valence-corrected chi connectivity index (χ0v) is 17.0. The monoisotopic (exact) mass is 415 g/mol. The molecule has 6 heteroatoms. The maximum absolute atomic E-state index is 11.1. The minimum Gasteiger partial charge on any atom is -0.458 e. The van der Waals surface area contributed by atoms with Gasteiger partial charge in [-0.05, 0) is 42.7 Å². The van der Waals surface area contributed by atoms with Gasteiger partial charge >= 0.3 is 5.97 Å². The summed E-state index contributed by atoms with van der Waals surface area (Å²) >= 11 is 3.58. The summed E-state index contributed by atoms with van der Waals surface area (Å²) in [4.78, 5) is 15.8. The minimum absolute atomic E-state index is 0.161. The van der Waals surface area contributed by atoms with Gasteiger partial charge < -0.3 is 14.6 Å². The van der Waals surface area contributed by atoms with Crippen molar-refractivity contribution in [1.82, 2.24) is 9.55 Å². The Bertz CT molecular complexity index is 959. The lowest BCUT2D eigenvalue weighted by Gasteiger charge is -2.13. The van der Waals surface area contributed by atoms with E-state index in [9.17, 15) is 4.79 Å². The number of aromatic nitrogens is 2. The molecule has 2 aromatic carbocycles. The lowest BCUT2D eigenvalue weighted by molar-refractivity contribution is -0.142. The molecule has 0 aliphatic rings. The molecular weight excluding hydrogens is 394 g/mol. The molecular formula is C20H22BrN3O2. The molecule has 5 nitrogen and oxygen atoms in total. The van der Waals surface area contributed by atoms with Crippen molar-refractivity contribution in [3.8, 4) is 0 Å². The van der Waals surface area contributed by atoms with E-state index < -0.39 is 0 Å². The number of imidazole rings is 1. The number of hydrogen-bond donors (Lipinski definition) is 1. The van der Waals surface area contributed by atoms with E-state index in [0.29, 0.717) is 5.82 Å². The van der Waals surface area contributed by atoms with Crippen LogP contribution in [0.1, 0.15) is 29.4 Å². The van der Waals surface area contributed by atoms with Crippen LogP contribution >= 0.6 is 15.9 Å². The van der Waals surface area contributed by atoms with Gasteiger partial charge in [0.15, 0.2) is 0 Å². The average Bonchev–Trinajstić information content (AvgIpc) is 2.89. The Morgan fingerprint density at radius 2 is 1.96 bits per heavy atom. The van der Waals surface area contributed by atoms with Gasteiger partial charge in [0.25, 0.3) is 0 Å². The zero-order valence-electron chi connectivity index (χ0n) is 15.4. The van der Waals surface area contributed by atoms with Gasteiger partial charge in [-0.2, -0.15) is 0 Å². The van der Waals surface area contributed by atoms with Crippen LogP contribution in [0.4, 0.5) is 5.69 Å². The van der Waals surface area contributed by atoms with Gasteiger partial charge in [0.1, 0.15) is 17.9 Å². The maximum Gasteiger partial charge on any atom is 0.303 e. The van der Waals surface area contributed by atoms with Gasteiger partial charge in [-0.3, -0.25) is 4.79 Å². The molecule has 3 aromatic rings.